The van der Waals surface area contributed by atoms with Gasteiger partial charge in [0.1, 0.15) is 0 Å². The van der Waals surface area contributed by atoms with Gasteiger partial charge in [-0.2, -0.15) is 5.10 Å². The molecule has 4 heteroatoms. The Kier molecular flexibility index (Phi) is 2.62. The van der Waals surface area contributed by atoms with Crippen LogP contribution in [0.15, 0.2) is 12.3 Å². The Morgan fingerprint density at radius 2 is 2.36 bits per heavy atom. The summed E-state index contributed by atoms with van der Waals surface area (Å²) >= 11 is 0. The molecule has 0 aliphatic rings. The fourth-order valence-electron chi connectivity index (χ4n) is 0.965. The third-order valence-corrected chi connectivity index (χ3v) is 1.44. The van der Waals surface area contributed by atoms with Crippen LogP contribution >= 0.6 is 0 Å². The van der Waals surface area contributed by atoms with Crippen LogP contribution in [0.2, 0.25) is 0 Å². The van der Waals surface area contributed by atoms with Crippen molar-refractivity contribution in [1.82, 2.24) is 20.6 Å². The quantitative estimate of drug-likeness (QED) is 0.624. The lowest BCUT2D eigenvalue weighted by atomic mass is 10.2. The smallest absolute Gasteiger partial charge is 0.0602 e. The highest BCUT2D eigenvalue weighted by molar-refractivity contribution is 5.02. The van der Waals surface area contributed by atoms with Crippen LogP contribution in [0.3, 0.4) is 0 Å². The number of hydrogen-bond donors (Lipinski definition) is 2. The summed E-state index contributed by atoms with van der Waals surface area (Å²) < 4.78 is 0. The van der Waals surface area contributed by atoms with Gasteiger partial charge in [-0.3, -0.25) is 5.10 Å². The third kappa shape index (κ3) is 2.32. The first kappa shape index (κ1) is 8.23. The molecule has 2 N–H and O–H groups in total. The van der Waals surface area contributed by atoms with Crippen LogP contribution in [0, 0.1) is 0 Å². The van der Waals surface area contributed by atoms with Gasteiger partial charge in [-0.15, -0.1) is 0 Å². The lowest BCUT2D eigenvalue weighted by Gasteiger charge is -2.17. The molecule has 0 spiro atoms. The number of nitrogens with one attached hydrogen (secondary N) is 2. The summed E-state index contributed by atoms with van der Waals surface area (Å²) in [5.74, 6) is 0. The van der Waals surface area contributed by atoms with Gasteiger partial charge in [0.05, 0.1) is 11.7 Å². The molecule has 1 aromatic heterocycles. The first-order valence-corrected chi connectivity index (χ1v) is 3.63. The van der Waals surface area contributed by atoms with Gasteiger partial charge < -0.3 is 0 Å². The highest BCUT2D eigenvalue weighted by Gasteiger charge is 2.05. The minimum Gasteiger partial charge on any atom is -0.281 e. The van der Waals surface area contributed by atoms with Crippen molar-refractivity contribution in [3.05, 3.63) is 18.0 Å². The molecule has 0 saturated carbocycles. The number of rotatable bonds is 3. The van der Waals surface area contributed by atoms with Crippen molar-refractivity contribution in [2.75, 3.05) is 14.1 Å². The number of nitrogens with zero attached hydrogens (tertiary/aromatic N) is 2. The number of hydrazine groups is 1. The summed E-state index contributed by atoms with van der Waals surface area (Å²) in [6.45, 7) is 2.08. The average molecular weight is 154 g/mol. The molecule has 1 aromatic rings. The van der Waals surface area contributed by atoms with E-state index in [-0.39, 0.29) is 6.04 Å². The monoisotopic (exact) mass is 154 g/mol. The minimum absolute atomic E-state index is 0.285. The van der Waals surface area contributed by atoms with E-state index < -0.39 is 0 Å². The van der Waals surface area contributed by atoms with E-state index in [9.17, 15) is 0 Å². The van der Waals surface area contributed by atoms with Crippen molar-refractivity contribution >= 4 is 0 Å². The summed E-state index contributed by atoms with van der Waals surface area (Å²) in [5.41, 5.74) is 4.30. The Morgan fingerprint density at radius 1 is 1.64 bits per heavy atom. The van der Waals surface area contributed by atoms with Gasteiger partial charge >= 0.3 is 0 Å². The Morgan fingerprint density at radius 3 is 2.82 bits per heavy atom. The van der Waals surface area contributed by atoms with Crippen LogP contribution in [0.1, 0.15) is 18.7 Å². The molecule has 0 fully saturated rings. The second kappa shape index (κ2) is 3.50. The topological polar surface area (TPSA) is 44.0 Å². The average Bonchev–Trinajstić information content (AvgIpc) is 2.35. The first-order valence-electron chi connectivity index (χ1n) is 3.63. The third-order valence-electron chi connectivity index (χ3n) is 1.44. The molecule has 0 bridgehead atoms. The fourth-order valence-corrected chi connectivity index (χ4v) is 0.965. The van der Waals surface area contributed by atoms with E-state index in [4.69, 9.17) is 0 Å². The highest BCUT2D eigenvalue weighted by atomic mass is 15.5. The molecule has 11 heavy (non-hydrogen) atoms. The molecular formula is C7H14N4. The maximum Gasteiger partial charge on any atom is 0.0602 e. The van der Waals surface area contributed by atoms with E-state index in [0.29, 0.717) is 0 Å². The molecule has 1 atom stereocenters. The molecular weight excluding hydrogens is 140 g/mol. The van der Waals surface area contributed by atoms with Gasteiger partial charge in [0.15, 0.2) is 0 Å². The van der Waals surface area contributed by atoms with E-state index in [2.05, 4.69) is 22.5 Å². The van der Waals surface area contributed by atoms with Crippen LogP contribution < -0.4 is 5.43 Å². The standard InChI is InChI=1S/C7H14N4/c1-6(10-11(2)3)7-4-5-8-9-7/h4-6,10H,1-3H3,(H,8,9). The van der Waals surface area contributed by atoms with Crippen molar-refractivity contribution < 1.29 is 0 Å². The molecule has 1 heterocycles. The summed E-state index contributed by atoms with van der Waals surface area (Å²) in [5, 5.41) is 8.69. The molecule has 1 rings (SSSR count). The molecule has 1 unspecified atom stereocenters. The SMILES string of the molecule is CC(NN(C)C)c1ccn[nH]1. The van der Waals surface area contributed by atoms with Gasteiger partial charge in [-0.1, -0.05) is 0 Å². The van der Waals surface area contributed by atoms with Crippen molar-refractivity contribution in [3.63, 3.8) is 0 Å². The number of aromatic amines is 1. The zero-order valence-electron chi connectivity index (χ0n) is 7.13. The molecule has 0 amide bonds. The molecule has 0 aliphatic carbocycles. The van der Waals surface area contributed by atoms with Crippen molar-refractivity contribution in [1.29, 1.82) is 0 Å². The molecule has 0 aliphatic heterocycles. The lowest BCUT2D eigenvalue weighted by Crippen LogP contribution is -2.32. The summed E-state index contributed by atoms with van der Waals surface area (Å²) in [6, 6.07) is 2.24. The number of H-pyrrole nitrogens is 1. The lowest BCUT2D eigenvalue weighted by molar-refractivity contribution is 0.249. The number of hydrogen-bond acceptors (Lipinski definition) is 3. The van der Waals surface area contributed by atoms with Crippen LogP contribution in [0.25, 0.3) is 0 Å². The first-order chi connectivity index (χ1) is 5.20. The van der Waals surface area contributed by atoms with Crippen molar-refractivity contribution in [2.24, 2.45) is 0 Å². The normalized spacial score (nSPS) is 13.8. The predicted octanol–water partition coefficient (Wildman–Crippen LogP) is 0.537. The molecule has 0 saturated heterocycles. The van der Waals surface area contributed by atoms with Crippen LogP contribution in [-0.4, -0.2) is 29.3 Å². The van der Waals surface area contributed by atoms with E-state index in [1.807, 2.05) is 25.2 Å². The molecule has 62 valence electrons. The van der Waals surface area contributed by atoms with E-state index in [0.717, 1.165) is 5.69 Å². The summed E-state index contributed by atoms with van der Waals surface area (Å²) in [4.78, 5) is 0. The van der Waals surface area contributed by atoms with Gasteiger partial charge in [-0.05, 0) is 13.0 Å². The fraction of sp³-hybridized carbons (Fsp3) is 0.571. The van der Waals surface area contributed by atoms with Crippen LogP contribution in [0.5, 0.6) is 0 Å². The maximum atomic E-state index is 3.87. The minimum atomic E-state index is 0.285. The molecule has 4 nitrogen and oxygen atoms in total. The van der Waals surface area contributed by atoms with Crippen LogP contribution in [0.4, 0.5) is 0 Å². The molecule has 0 radical (unpaired) electrons. The Hall–Kier alpha value is -0.870. The van der Waals surface area contributed by atoms with Gasteiger partial charge in [-0.25, -0.2) is 10.4 Å². The Bertz CT molecular complexity index is 192. The second-order valence-electron chi connectivity index (χ2n) is 2.76. The highest BCUT2D eigenvalue weighted by Crippen LogP contribution is 2.06. The zero-order valence-corrected chi connectivity index (χ0v) is 7.13. The van der Waals surface area contributed by atoms with E-state index >= 15 is 0 Å². The zero-order chi connectivity index (χ0) is 8.27. The summed E-state index contributed by atoms with van der Waals surface area (Å²) in [6.07, 6.45) is 1.75. The second-order valence-corrected chi connectivity index (χ2v) is 2.76. The number of aromatic nitrogens is 2. The maximum absolute atomic E-state index is 3.87. The Labute approximate surface area is 66.6 Å². The van der Waals surface area contributed by atoms with Gasteiger partial charge in [0, 0.05) is 20.3 Å². The van der Waals surface area contributed by atoms with Crippen molar-refractivity contribution in [3.8, 4) is 0 Å². The van der Waals surface area contributed by atoms with Crippen molar-refractivity contribution in [2.45, 2.75) is 13.0 Å². The predicted molar refractivity (Wildman–Crippen MR) is 43.8 cm³/mol. The Balaban J connectivity index is 2.49. The molecule has 0 aromatic carbocycles. The van der Waals surface area contributed by atoms with Gasteiger partial charge in [0.2, 0.25) is 0 Å². The largest absolute Gasteiger partial charge is 0.281 e. The van der Waals surface area contributed by atoms with E-state index in [1.165, 1.54) is 0 Å². The summed E-state index contributed by atoms with van der Waals surface area (Å²) in [7, 11) is 3.93. The van der Waals surface area contributed by atoms with E-state index in [1.54, 1.807) is 6.20 Å². The van der Waals surface area contributed by atoms with Crippen LogP contribution in [-0.2, 0) is 0 Å². The van der Waals surface area contributed by atoms with Gasteiger partial charge in [0.25, 0.3) is 0 Å².